The Morgan fingerprint density at radius 3 is 2.76 bits per heavy atom. The summed E-state index contributed by atoms with van der Waals surface area (Å²) in [5.74, 6) is 0.463. The third-order valence-corrected chi connectivity index (χ3v) is 3.68. The molecule has 1 aliphatic carbocycles. The van der Waals surface area contributed by atoms with Gasteiger partial charge in [-0.3, -0.25) is 9.89 Å². The minimum Gasteiger partial charge on any atom is -0.336 e. The number of aromatic nitrogens is 2. The van der Waals surface area contributed by atoms with Crippen LogP contribution in [-0.2, 0) is 6.54 Å². The maximum absolute atomic E-state index is 12.3. The predicted molar refractivity (Wildman–Crippen MR) is 77.5 cm³/mol. The third-order valence-electron chi connectivity index (χ3n) is 3.68. The highest BCUT2D eigenvalue weighted by Crippen LogP contribution is 2.39. The van der Waals surface area contributed by atoms with Crippen molar-refractivity contribution in [2.24, 2.45) is 0 Å². The van der Waals surface area contributed by atoms with Crippen LogP contribution < -0.4 is 0 Å². The van der Waals surface area contributed by atoms with Crippen molar-refractivity contribution in [2.75, 3.05) is 7.05 Å². The van der Waals surface area contributed by atoms with Gasteiger partial charge < -0.3 is 4.90 Å². The number of amides is 1. The zero-order valence-corrected chi connectivity index (χ0v) is 11.8. The van der Waals surface area contributed by atoms with Crippen LogP contribution in [0.2, 0.25) is 0 Å². The summed E-state index contributed by atoms with van der Waals surface area (Å²) in [6.45, 7) is 0.496. The van der Waals surface area contributed by atoms with Crippen LogP contribution in [0.4, 0.5) is 0 Å². The van der Waals surface area contributed by atoms with Crippen molar-refractivity contribution < 1.29 is 4.79 Å². The third kappa shape index (κ3) is 2.95. The fourth-order valence-corrected chi connectivity index (χ4v) is 2.28. The molecule has 0 spiro atoms. The average molecular weight is 280 g/mol. The molecule has 0 bridgehead atoms. The Morgan fingerprint density at radius 1 is 1.43 bits per heavy atom. The lowest BCUT2D eigenvalue weighted by Gasteiger charge is -2.15. The van der Waals surface area contributed by atoms with E-state index in [1.807, 2.05) is 18.2 Å². The molecule has 1 aliphatic rings. The minimum atomic E-state index is -0.0949. The number of nitrogens with zero attached hydrogens (tertiary/aromatic N) is 3. The summed E-state index contributed by atoms with van der Waals surface area (Å²) in [6.07, 6.45) is 2.35. The van der Waals surface area contributed by atoms with Crippen molar-refractivity contribution in [3.05, 3.63) is 52.8 Å². The molecule has 2 aromatic rings. The molecule has 21 heavy (non-hydrogen) atoms. The van der Waals surface area contributed by atoms with E-state index in [4.69, 9.17) is 5.26 Å². The molecule has 1 N–H and O–H groups in total. The zero-order chi connectivity index (χ0) is 14.8. The molecule has 1 aromatic carbocycles. The second-order valence-corrected chi connectivity index (χ2v) is 5.45. The normalized spacial score (nSPS) is 13.7. The van der Waals surface area contributed by atoms with Crippen LogP contribution in [0.5, 0.6) is 0 Å². The van der Waals surface area contributed by atoms with Crippen molar-refractivity contribution in [1.82, 2.24) is 15.1 Å². The average Bonchev–Trinajstić information content (AvgIpc) is 3.25. The molecule has 0 atom stereocenters. The van der Waals surface area contributed by atoms with Gasteiger partial charge in [-0.05, 0) is 36.6 Å². The first kappa shape index (κ1) is 13.4. The van der Waals surface area contributed by atoms with E-state index in [0.29, 0.717) is 23.7 Å². The molecule has 5 nitrogen and oxygen atoms in total. The van der Waals surface area contributed by atoms with E-state index in [2.05, 4.69) is 16.3 Å². The zero-order valence-electron chi connectivity index (χ0n) is 11.8. The first-order chi connectivity index (χ1) is 10.2. The number of carbonyl (C=O) groups is 1. The van der Waals surface area contributed by atoms with Gasteiger partial charge in [0.25, 0.3) is 5.91 Å². The predicted octanol–water partition coefficient (Wildman–Crippen LogP) is 2.43. The number of hydrogen-bond donors (Lipinski definition) is 1. The number of H-pyrrole nitrogens is 1. The molecule has 0 aliphatic heterocycles. The smallest absolute Gasteiger partial charge is 0.274 e. The van der Waals surface area contributed by atoms with Crippen LogP contribution in [0.3, 0.4) is 0 Å². The summed E-state index contributed by atoms with van der Waals surface area (Å²) in [5.41, 5.74) is 3.13. The highest BCUT2D eigenvalue weighted by Gasteiger charge is 2.27. The second-order valence-electron chi connectivity index (χ2n) is 5.45. The van der Waals surface area contributed by atoms with Crippen LogP contribution in [0.15, 0.2) is 30.3 Å². The maximum atomic E-state index is 12.3. The van der Waals surface area contributed by atoms with Crippen molar-refractivity contribution >= 4 is 5.91 Å². The molecule has 0 radical (unpaired) electrons. The first-order valence-corrected chi connectivity index (χ1v) is 6.97. The fraction of sp³-hybridized carbons (Fsp3) is 0.312. The van der Waals surface area contributed by atoms with Crippen molar-refractivity contribution in [2.45, 2.75) is 25.3 Å². The standard InChI is InChI=1S/C16H16N4O/c1-20(10-12-4-2-11(9-17)3-5-12)16(21)15-8-14(18-19-15)13-6-7-13/h2-5,8,13H,6-7,10H2,1H3,(H,18,19). The Balaban J connectivity index is 1.66. The number of carbonyl (C=O) groups excluding carboxylic acids is 1. The Hall–Kier alpha value is -2.61. The Kier molecular flexibility index (Phi) is 3.44. The molecule has 1 heterocycles. The van der Waals surface area contributed by atoms with Gasteiger partial charge in [-0.2, -0.15) is 10.4 Å². The largest absolute Gasteiger partial charge is 0.336 e. The van der Waals surface area contributed by atoms with E-state index in [-0.39, 0.29) is 5.91 Å². The highest BCUT2D eigenvalue weighted by atomic mass is 16.2. The Labute approximate surface area is 123 Å². The Morgan fingerprint density at radius 2 is 2.14 bits per heavy atom. The van der Waals surface area contributed by atoms with Gasteiger partial charge in [-0.25, -0.2) is 0 Å². The summed E-state index contributed by atoms with van der Waals surface area (Å²) in [4.78, 5) is 14.0. The summed E-state index contributed by atoms with van der Waals surface area (Å²) in [5, 5.41) is 15.8. The van der Waals surface area contributed by atoms with Gasteiger partial charge in [0, 0.05) is 25.2 Å². The number of nitriles is 1. The fourth-order valence-electron chi connectivity index (χ4n) is 2.28. The molecule has 1 aromatic heterocycles. The molecule has 1 saturated carbocycles. The van der Waals surface area contributed by atoms with Gasteiger partial charge in [0.1, 0.15) is 5.69 Å². The van der Waals surface area contributed by atoms with Crippen LogP contribution >= 0.6 is 0 Å². The molecule has 3 rings (SSSR count). The number of aromatic amines is 1. The van der Waals surface area contributed by atoms with Crippen LogP contribution in [-0.4, -0.2) is 28.1 Å². The maximum Gasteiger partial charge on any atom is 0.274 e. The summed E-state index contributed by atoms with van der Waals surface area (Å²) >= 11 is 0. The number of benzene rings is 1. The molecular formula is C16H16N4O. The molecule has 5 heteroatoms. The highest BCUT2D eigenvalue weighted by molar-refractivity contribution is 5.92. The quantitative estimate of drug-likeness (QED) is 0.934. The van der Waals surface area contributed by atoms with E-state index in [0.717, 1.165) is 11.3 Å². The van der Waals surface area contributed by atoms with Crippen LogP contribution in [0.1, 0.15) is 46.1 Å². The summed E-state index contributed by atoms with van der Waals surface area (Å²) in [6, 6.07) is 11.2. The molecule has 1 fully saturated rings. The van der Waals surface area contributed by atoms with Gasteiger partial charge in [-0.15, -0.1) is 0 Å². The monoisotopic (exact) mass is 280 g/mol. The summed E-state index contributed by atoms with van der Waals surface area (Å²) in [7, 11) is 1.76. The van der Waals surface area contributed by atoms with Gasteiger partial charge in [0.05, 0.1) is 11.6 Å². The topological polar surface area (TPSA) is 72.8 Å². The molecule has 0 unspecified atom stereocenters. The lowest BCUT2D eigenvalue weighted by Crippen LogP contribution is -2.26. The van der Waals surface area contributed by atoms with Crippen molar-refractivity contribution in [3.63, 3.8) is 0 Å². The Bertz CT molecular complexity index is 692. The summed E-state index contributed by atoms with van der Waals surface area (Å²) < 4.78 is 0. The molecular weight excluding hydrogens is 264 g/mol. The molecule has 1 amide bonds. The second kappa shape index (κ2) is 5.41. The van der Waals surface area contributed by atoms with Gasteiger partial charge in [-0.1, -0.05) is 12.1 Å². The van der Waals surface area contributed by atoms with Crippen LogP contribution in [0.25, 0.3) is 0 Å². The van der Waals surface area contributed by atoms with Gasteiger partial charge >= 0.3 is 0 Å². The molecule has 106 valence electrons. The number of rotatable bonds is 4. The lowest BCUT2D eigenvalue weighted by atomic mass is 10.1. The van der Waals surface area contributed by atoms with E-state index >= 15 is 0 Å². The number of nitrogens with one attached hydrogen (secondary N) is 1. The van der Waals surface area contributed by atoms with Gasteiger partial charge in [0.2, 0.25) is 0 Å². The first-order valence-electron chi connectivity index (χ1n) is 6.97. The minimum absolute atomic E-state index is 0.0949. The van der Waals surface area contributed by atoms with E-state index in [9.17, 15) is 4.79 Å². The number of hydrogen-bond acceptors (Lipinski definition) is 3. The SMILES string of the molecule is CN(Cc1ccc(C#N)cc1)C(=O)c1cc(C2CC2)[nH]n1. The van der Waals surface area contributed by atoms with Gasteiger partial charge in [0.15, 0.2) is 0 Å². The van der Waals surface area contributed by atoms with Crippen LogP contribution in [0, 0.1) is 11.3 Å². The van der Waals surface area contributed by atoms with Crippen molar-refractivity contribution in [3.8, 4) is 6.07 Å². The molecule has 0 saturated heterocycles. The van der Waals surface area contributed by atoms with Crippen molar-refractivity contribution in [1.29, 1.82) is 5.26 Å². The van der Waals surface area contributed by atoms with E-state index in [1.54, 1.807) is 24.1 Å². The lowest BCUT2D eigenvalue weighted by molar-refractivity contribution is 0.0779. The van der Waals surface area contributed by atoms with E-state index in [1.165, 1.54) is 12.8 Å². The van der Waals surface area contributed by atoms with E-state index < -0.39 is 0 Å².